The molecule has 2 aliphatic heterocycles. The first-order valence-corrected chi connectivity index (χ1v) is 17.9. The largest absolute Gasteiger partial charge is 0.481 e. The van der Waals surface area contributed by atoms with E-state index in [1.54, 1.807) is 12.4 Å². The van der Waals surface area contributed by atoms with Gasteiger partial charge in [0.1, 0.15) is 0 Å². The molecule has 1 aromatic heterocycles. The van der Waals surface area contributed by atoms with Crippen LogP contribution >= 0.6 is 0 Å². The predicted octanol–water partition coefficient (Wildman–Crippen LogP) is 5.65. The zero-order valence-corrected chi connectivity index (χ0v) is 28.9. The number of aliphatic carboxylic acids is 1. The van der Waals surface area contributed by atoms with Crippen molar-refractivity contribution in [2.24, 2.45) is 0 Å². The van der Waals surface area contributed by atoms with Crippen molar-refractivity contribution in [2.45, 2.75) is 70.2 Å². The third-order valence-electron chi connectivity index (χ3n) is 9.49. The summed E-state index contributed by atoms with van der Waals surface area (Å²) in [6.45, 7) is 4.67. The number of aromatic nitrogens is 2. The monoisotopic (exact) mass is 693 g/mol. The normalized spacial score (nSPS) is 19.5. The lowest BCUT2D eigenvalue weighted by molar-refractivity contribution is -0.253. The Hall–Kier alpha value is -4.68. The van der Waals surface area contributed by atoms with Crippen molar-refractivity contribution in [3.8, 4) is 11.1 Å². The van der Waals surface area contributed by atoms with Crippen LogP contribution in [0.15, 0.2) is 91.3 Å². The standard InChI is InChI=1S/C40H47N5O6/c46-28-29-13-15-31(16-14-29)36-25-35(27-44-19-21-45(22-20-44)40-41-17-6-18-42-40)50-39(51-36)34-10-5-9-33(24-34)32-8-4-7-30(23-32)26-43-37(47)11-2-1-3-12-38(48)49/h4-10,13-18,23-24,35-36,39,46H,1-3,11-12,19-22,25-28H2,(H,43,47)(H,48,49). The van der Waals surface area contributed by atoms with Crippen LogP contribution in [0, 0.1) is 0 Å². The number of nitrogens with zero attached hydrogens (tertiary/aromatic N) is 4. The van der Waals surface area contributed by atoms with Crippen molar-refractivity contribution in [3.05, 3.63) is 114 Å². The molecule has 2 saturated heterocycles. The Morgan fingerprint density at radius 1 is 0.784 bits per heavy atom. The van der Waals surface area contributed by atoms with E-state index >= 15 is 0 Å². The number of aliphatic hydroxyl groups is 1. The molecule has 2 fully saturated rings. The van der Waals surface area contributed by atoms with Gasteiger partial charge in [0.15, 0.2) is 6.29 Å². The van der Waals surface area contributed by atoms with Crippen molar-refractivity contribution in [1.82, 2.24) is 20.2 Å². The highest BCUT2D eigenvalue weighted by atomic mass is 16.7. The number of carboxylic acids is 1. The van der Waals surface area contributed by atoms with E-state index in [0.717, 1.165) is 78.5 Å². The van der Waals surface area contributed by atoms with Crippen molar-refractivity contribution in [2.75, 3.05) is 37.6 Å². The Kier molecular flexibility index (Phi) is 12.8. The smallest absolute Gasteiger partial charge is 0.303 e. The molecule has 2 aliphatic rings. The molecule has 1 amide bonds. The number of amides is 1. The second-order valence-electron chi connectivity index (χ2n) is 13.2. The van der Waals surface area contributed by atoms with Gasteiger partial charge in [-0.2, -0.15) is 0 Å². The third-order valence-corrected chi connectivity index (χ3v) is 9.49. The minimum absolute atomic E-state index is 0.00326. The number of piperazine rings is 1. The average molecular weight is 694 g/mol. The molecule has 4 aromatic rings. The number of nitrogens with one attached hydrogen (secondary N) is 1. The summed E-state index contributed by atoms with van der Waals surface area (Å²) in [7, 11) is 0. The molecule has 3 aromatic carbocycles. The summed E-state index contributed by atoms with van der Waals surface area (Å²) in [5.74, 6) is -0.0720. The fraction of sp³-hybridized carbons (Fsp3) is 0.400. The van der Waals surface area contributed by atoms with Crippen LogP contribution in [0.3, 0.4) is 0 Å². The number of rotatable bonds is 15. The maximum Gasteiger partial charge on any atom is 0.303 e. The van der Waals surface area contributed by atoms with E-state index in [4.69, 9.17) is 14.6 Å². The van der Waals surface area contributed by atoms with Crippen LogP contribution < -0.4 is 10.2 Å². The fourth-order valence-electron chi connectivity index (χ4n) is 6.66. The number of unbranched alkanes of at least 4 members (excludes halogenated alkanes) is 2. The number of ether oxygens (including phenoxy) is 2. The van der Waals surface area contributed by atoms with Crippen LogP contribution in [0.5, 0.6) is 0 Å². The van der Waals surface area contributed by atoms with Crippen LogP contribution in [0.4, 0.5) is 5.95 Å². The van der Waals surface area contributed by atoms with E-state index in [9.17, 15) is 14.7 Å². The molecule has 0 spiro atoms. The van der Waals surface area contributed by atoms with Crippen LogP contribution in [0.25, 0.3) is 11.1 Å². The summed E-state index contributed by atoms with van der Waals surface area (Å²) < 4.78 is 13.4. The summed E-state index contributed by atoms with van der Waals surface area (Å²) in [5, 5.41) is 21.4. The predicted molar refractivity (Wildman–Crippen MR) is 194 cm³/mol. The number of hydrogen-bond acceptors (Lipinski definition) is 9. The van der Waals surface area contributed by atoms with Gasteiger partial charge < -0.3 is 29.9 Å². The maximum absolute atomic E-state index is 12.4. The Bertz CT molecular complexity index is 1710. The highest BCUT2D eigenvalue weighted by molar-refractivity contribution is 5.76. The molecule has 6 rings (SSSR count). The van der Waals surface area contributed by atoms with Crippen LogP contribution in [-0.4, -0.2) is 75.8 Å². The molecule has 3 unspecified atom stereocenters. The maximum atomic E-state index is 12.4. The van der Waals surface area contributed by atoms with Gasteiger partial charge in [0, 0.05) is 76.5 Å². The van der Waals surface area contributed by atoms with E-state index in [0.29, 0.717) is 32.2 Å². The van der Waals surface area contributed by atoms with E-state index in [1.165, 1.54) is 0 Å². The van der Waals surface area contributed by atoms with Crippen molar-refractivity contribution >= 4 is 17.8 Å². The fourth-order valence-corrected chi connectivity index (χ4v) is 6.66. The molecule has 3 atom stereocenters. The number of aliphatic hydroxyl groups excluding tert-OH is 1. The first-order chi connectivity index (χ1) is 24.9. The molecule has 0 bridgehead atoms. The van der Waals surface area contributed by atoms with Gasteiger partial charge in [-0.3, -0.25) is 14.5 Å². The number of carbonyl (C=O) groups is 2. The zero-order chi connectivity index (χ0) is 35.4. The molecule has 268 valence electrons. The van der Waals surface area contributed by atoms with Gasteiger partial charge in [0.2, 0.25) is 11.9 Å². The summed E-state index contributed by atoms with van der Waals surface area (Å²) in [6, 6.07) is 26.2. The Labute approximate surface area is 299 Å². The summed E-state index contributed by atoms with van der Waals surface area (Å²) in [5.41, 5.74) is 5.90. The average Bonchev–Trinajstić information content (AvgIpc) is 3.17. The van der Waals surface area contributed by atoms with Gasteiger partial charge >= 0.3 is 5.97 Å². The van der Waals surface area contributed by atoms with E-state index < -0.39 is 12.3 Å². The van der Waals surface area contributed by atoms with Gasteiger partial charge in [0.25, 0.3) is 0 Å². The molecule has 0 saturated carbocycles. The topological polar surface area (TPSA) is 137 Å². The molecule has 0 radical (unpaired) electrons. The van der Waals surface area contributed by atoms with E-state index in [1.807, 2.05) is 54.6 Å². The number of carboxylic acid groups (broad SMARTS) is 1. The lowest BCUT2D eigenvalue weighted by Crippen LogP contribution is -2.50. The summed E-state index contributed by atoms with van der Waals surface area (Å²) >= 11 is 0. The lowest BCUT2D eigenvalue weighted by atomic mass is 9.98. The van der Waals surface area contributed by atoms with Gasteiger partial charge in [-0.15, -0.1) is 0 Å². The van der Waals surface area contributed by atoms with Gasteiger partial charge in [-0.25, -0.2) is 9.97 Å². The Morgan fingerprint density at radius 2 is 1.51 bits per heavy atom. The van der Waals surface area contributed by atoms with Gasteiger partial charge in [-0.1, -0.05) is 67.1 Å². The number of carbonyl (C=O) groups excluding carboxylic acids is 1. The molecular weight excluding hydrogens is 646 g/mol. The highest BCUT2D eigenvalue weighted by Gasteiger charge is 2.34. The molecule has 0 aliphatic carbocycles. The van der Waals surface area contributed by atoms with Gasteiger partial charge in [-0.05, 0) is 58.9 Å². The van der Waals surface area contributed by atoms with E-state index in [2.05, 4.69) is 49.4 Å². The summed E-state index contributed by atoms with van der Waals surface area (Å²) in [4.78, 5) is 36.6. The first-order valence-electron chi connectivity index (χ1n) is 17.9. The number of hydrogen-bond donors (Lipinski definition) is 3. The highest BCUT2D eigenvalue weighted by Crippen LogP contribution is 2.39. The molecule has 51 heavy (non-hydrogen) atoms. The summed E-state index contributed by atoms with van der Waals surface area (Å²) in [6.07, 6.45) is 5.98. The Morgan fingerprint density at radius 3 is 2.25 bits per heavy atom. The third kappa shape index (κ3) is 10.4. The lowest BCUT2D eigenvalue weighted by Gasteiger charge is -2.40. The SMILES string of the molecule is O=C(O)CCCCCC(=O)NCc1cccc(-c2cccc(C3OC(CN4CCN(c5ncccn5)CC4)CC(c4ccc(CO)cc4)O3)c2)c1. The second-order valence-corrected chi connectivity index (χ2v) is 13.2. The number of benzene rings is 3. The van der Waals surface area contributed by atoms with Crippen LogP contribution in [-0.2, 0) is 32.2 Å². The molecule has 3 N–H and O–H groups in total. The van der Waals surface area contributed by atoms with Crippen molar-refractivity contribution < 1.29 is 29.3 Å². The molecule has 3 heterocycles. The number of anilines is 1. The van der Waals surface area contributed by atoms with Crippen LogP contribution in [0.1, 0.15) is 73.2 Å². The van der Waals surface area contributed by atoms with Crippen molar-refractivity contribution in [3.63, 3.8) is 0 Å². The van der Waals surface area contributed by atoms with Gasteiger partial charge in [0.05, 0.1) is 18.8 Å². The minimum Gasteiger partial charge on any atom is -0.481 e. The molecular formula is C40H47N5O6. The second kappa shape index (κ2) is 18.0. The molecule has 11 nitrogen and oxygen atoms in total. The van der Waals surface area contributed by atoms with E-state index in [-0.39, 0.29) is 31.1 Å². The zero-order valence-electron chi connectivity index (χ0n) is 28.9. The quantitative estimate of drug-likeness (QED) is 0.134. The Balaban J connectivity index is 1.11. The van der Waals surface area contributed by atoms with Crippen LogP contribution in [0.2, 0.25) is 0 Å². The van der Waals surface area contributed by atoms with Crippen molar-refractivity contribution in [1.29, 1.82) is 0 Å². The molecule has 11 heteroatoms. The first kappa shape index (κ1) is 36.1. The minimum atomic E-state index is -0.803.